The second kappa shape index (κ2) is 15.8. The Hall–Kier alpha value is -6.65. The third-order valence-electron chi connectivity index (χ3n) is 8.08. The summed E-state index contributed by atoms with van der Waals surface area (Å²) >= 11 is 0. The molecule has 4 nitrogen and oxygen atoms in total. The van der Waals surface area contributed by atoms with Gasteiger partial charge in [0.2, 0.25) is 0 Å². The van der Waals surface area contributed by atoms with Crippen molar-refractivity contribution < 1.29 is 14.4 Å². The first-order valence-electron chi connectivity index (χ1n) is 15.9. The fourth-order valence-electron chi connectivity index (χ4n) is 5.29. The standard InChI is InChI=1S/C45H33NO3/c47-31-40-13-7-34(8-14-40)1-4-37-19-25-43(26-20-37)46(44-27-21-38(22-28-44)5-2-35-9-15-41(32-48)16-10-35)45-29-23-39(24-30-45)6-3-36-11-17-42(33-49)18-12-36/h1-33H/b4-1+,5-2+,6-3+. The van der Waals surface area contributed by atoms with Gasteiger partial charge in [0, 0.05) is 33.8 Å². The zero-order chi connectivity index (χ0) is 33.8. The third kappa shape index (κ3) is 8.59. The summed E-state index contributed by atoms with van der Waals surface area (Å²) < 4.78 is 0. The molecule has 236 valence electrons. The molecule has 0 aliphatic heterocycles. The van der Waals surface area contributed by atoms with E-state index in [2.05, 4.69) is 95.9 Å². The maximum Gasteiger partial charge on any atom is 0.150 e. The molecule has 0 N–H and O–H groups in total. The van der Waals surface area contributed by atoms with E-state index >= 15 is 0 Å². The van der Waals surface area contributed by atoms with Gasteiger partial charge in [-0.1, -0.05) is 146 Å². The van der Waals surface area contributed by atoms with Gasteiger partial charge in [0.1, 0.15) is 18.9 Å². The fraction of sp³-hybridized carbons (Fsp3) is 0. The van der Waals surface area contributed by atoms with Crippen LogP contribution in [0.3, 0.4) is 0 Å². The third-order valence-corrected chi connectivity index (χ3v) is 8.08. The summed E-state index contributed by atoms with van der Waals surface area (Å²) in [6.07, 6.45) is 14.8. The molecule has 6 aromatic rings. The number of carbonyl (C=O) groups is 3. The topological polar surface area (TPSA) is 54.5 Å². The van der Waals surface area contributed by atoms with Crippen LogP contribution in [0.1, 0.15) is 64.5 Å². The van der Waals surface area contributed by atoms with Crippen molar-refractivity contribution in [3.63, 3.8) is 0 Å². The van der Waals surface area contributed by atoms with E-state index in [0.717, 1.165) is 69.3 Å². The van der Waals surface area contributed by atoms with Gasteiger partial charge >= 0.3 is 0 Å². The Bertz CT molecular complexity index is 1850. The zero-order valence-electron chi connectivity index (χ0n) is 26.7. The molecule has 0 fully saturated rings. The highest BCUT2D eigenvalue weighted by Gasteiger charge is 2.12. The summed E-state index contributed by atoms with van der Waals surface area (Å²) in [5.41, 5.74) is 11.3. The molecular weight excluding hydrogens is 602 g/mol. The Kier molecular flexibility index (Phi) is 10.4. The number of carbonyl (C=O) groups excluding carboxylic acids is 3. The predicted molar refractivity (Wildman–Crippen MR) is 203 cm³/mol. The minimum atomic E-state index is 0.658. The first kappa shape index (κ1) is 32.3. The highest BCUT2D eigenvalue weighted by atomic mass is 16.1. The van der Waals surface area contributed by atoms with Crippen LogP contribution in [0.5, 0.6) is 0 Å². The summed E-state index contributed by atoms with van der Waals surface area (Å²) in [6.45, 7) is 0. The highest BCUT2D eigenvalue weighted by Crippen LogP contribution is 2.35. The van der Waals surface area contributed by atoms with Gasteiger partial charge in [-0.3, -0.25) is 14.4 Å². The first-order chi connectivity index (χ1) is 24.1. The summed E-state index contributed by atoms with van der Waals surface area (Å²) in [4.78, 5) is 35.2. The van der Waals surface area contributed by atoms with Gasteiger partial charge < -0.3 is 4.90 Å². The van der Waals surface area contributed by atoms with E-state index in [0.29, 0.717) is 16.7 Å². The van der Waals surface area contributed by atoms with Gasteiger partial charge in [-0.15, -0.1) is 0 Å². The lowest BCUT2D eigenvalue weighted by Crippen LogP contribution is -2.09. The lowest BCUT2D eigenvalue weighted by Gasteiger charge is -2.26. The zero-order valence-corrected chi connectivity index (χ0v) is 26.7. The maximum atomic E-state index is 11.0. The van der Waals surface area contributed by atoms with Gasteiger partial charge in [0.15, 0.2) is 0 Å². The Morgan fingerprint density at radius 3 is 0.592 bits per heavy atom. The Morgan fingerprint density at radius 2 is 0.408 bits per heavy atom. The maximum absolute atomic E-state index is 11.0. The summed E-state index contributed by atoms with van der Waals surface area (Å²) in [7, 11) is 0. The molecule has 0 saturated heterocycles. The molecular formula is C45H33NO3. The van der Waals surface area contributed by atoms with E-state index in [1.807, 2.05) is 91.0 Å². The van der Waals surface area contributed by atoms with E-state index in [1.165, 1.54) is 0 Å². The Labute approximate surface area is 286 Å². The number of anilines is 3. The molecule has 0 aliphatic rings. The molecule has 6 rings (SSSR count). The van der Waals surface area contributed by atoms with Crippen LogP contribution in [-0.2, 0) is 0 Å². The van der Waals surface area contributed by atoms with Crippen LogP contribution in [0.25, 0.3) is 36.5 Å². The number of hydrogen-bond donors (Lipinski definition) is 0. The van der Waals surface area contributed by atoms with Crippen molar-refractivity contribution in [1.29, 1.82) is 0 Å². The van der Waals surface area contributed by atoms with Crippen LogP contribution < -0.4 is 4.90 Å². The van der Waals surface area contributed by atoms with Crippen molar-refractivity contribution in [1.82, 2.24) is 0 Å². The fourth-order valence-corrected chi connectivity index (χ4v) is 5.29. The first-order valence-corrected chi connectivity index (χ1v) is 15.9. The monoisotopic (exact) mass is 635 g/mol. The minimum absolute atomic E-state index is 0.658. The van der Waals surface area contributed by atoms with Crippen molar-refractivity contribution in [2.24, 2.45) is 0 Å². The van der Waals surface area contributed by atoms with Crippen molar-refractivity contribution >= 4 is 72.4 Å². The summed E-state index contributed by atoms with van der Waals surface area (Å²) in [5, 5.41) is 0. The van der Waals surface area contributed by atoms with Gasteiger partial charge in [-0.05, 0) is 69.8 Å². The smallest absolute Gasteiger partial charge is 0.150 e. The van der Waals surface area contributed by atoms with Crippen LogP contribution >= 0.6 is 0 Å². The van der Waals surface area contributed by atoms with Crippen molar-refractivity contribution in [2.45, 2.75) is 0 Å². The normalized spacial score (nSPS) is 11.3. The SMILES string of the molecule is O=Cc1ccc(/C=C/c2ccc(N(c3ccc(/C=C/c4ccc(C=O)cc4)cc3)c3ccc(/C=C/c4ccc(C=O)cc4)cc3)cc2)cc1. The van der Waals surface area contributed by atoms with Crippen LogP contribution in [0.4, 0.5) is 17.1 Å². The molecule has 0 amide bonds. The molecule has 4 heteroatoms. The van der Waals surface area contributed by atoms with E-state index in [1.54, 1.807) is 0 Å². The van der Waals surface area contributed by atoms with Crippen LogP contribution in [0, 0.1) is 0 Å². The number of aldehydes is 3. The average Bonchev–Trinajstić information content (AvgIpc) is 3.17. The summed E-state index contributed by atoms with van der Waals surface area (Å²) in [6, 6.07) is 47.7. The Balaban J connectivity index is 1.25. The highest BCUT2D eigenvalue weighted by molar-refractivity contribution is 5.82. The van der Waals surface area contributed by atoms with Gasteiger partial charge in [0.05, 0.1) is 0 Å². The lowest BCUT2D eigenvalue weighted by atomic mass is 10.1. The number of hydrogen-bond acceptors (Lipinski definition) is 4. The number of rotatable bonds is 12. The second-order valence-electron chi connectivity index (χ2n) is 11.5. The molecule has 0 atom stereocenters. The van der Waals surface area contributed by atoms with Gasteiger partial charge in [0.25, 0.3) is 0 Å². The number of nitrogens with zero attached hydrogens (tertiary/aromatic N) is 1. The van der Waals surface area contributed by atoms with Gasteiger partial charge in [-0.25, -0.2) is 0 Å². The quantitative estimate of drug-likeness (QED) is 0.0992. The largest absolute Gasteiger partial charge is 0.311 e. The van der Waals surface area contributed by atoms with E-state index in [4.69, 9.17) is 0 Å². The molecule has 0 saturated carbocycles. The van der Waals surface area contributed by atoms with E-state index in [-0.39, 0.29) is 0 Å². The van der Waals surface area contributed by atoms with Crippen molar-refractivity contribution in [2.75, 3.05) is 4.90 Å². The molecule has 0 bridgehead atoms. The van der Waals surface area contributed by atoms with E-state index < -0.39 is 0 Å². The number of benzene rings is 6. The second-order valence-corrected chi connectivity index (χ2v) is 11.5. The molecule has 0 spiro atoms. The lowest BCUT2D eigenvalue weighted by molar-refractivity contribution is 0.111. The van der Waals surface area contributed by atoms with Crippen molar-refractivity contribution in [3.05, 3.63) is 196 Å². The molecule has 6 aromatic carbocycles. The molecule has 49 heavy (non-hydrogen) atoms. The Morgan fingerprint density at radius 1 is 0.245 bits per heavy atom. The van der Waals surface area contributed by atoms with Crippen LogP contribution in [0.2, 0.25) is 0 Å². The van der Waals surface area contributed by atoms with E-state index in [9.17, 15) is 14.4 Å². The summed E-state index contributed by atoms with van der Waals surface area (Å²) in [5.74, 6) is 0. The molecule has 0 unspecified atom stereocenters. The molecule has 0 radical (unpaired) electrons. The van der Waals surface area contributed by atoms with Crippen molar-refractivity contribution in [3.8, 4) is 0 Å². The van der Waals surface area contributed by atoms with Gasteiger partial charge in [-0.2, -0.15) is 0 Å². The van der Waals surface area contributed by atoms with Crippen LogP contribution in [-0.4, -0.2) is 18.9 Å². The molecule has 0 aliphatic carbocycles. The predicted octanol–water partition coefficient (Wildman–Crippen LogP) is 11.1. The minimum Gasteiger partial charge on any atom is -0.311 e. The molecule has 0 aromatic heterocycles. The average molecular weight is 636 g/mol. The molecule has 0 heterocycles. The van der Waals surface area contributed by atoms with Crippen LogP contribution in [0.15, 0.2) is 146 Å².